The summed E-state index contributed by atoms with van der Waals surface area (Å²) in [6, 6.07) is 18.3. The fraction of sp³-hybridized carbons (Fsp3) is 0.429. The lowest BCUT2D eigenvalue weighted by Crippen LogP contribution is -2.45. The molecule has 2 saturated heterocycles. The second-order valence-electron chi connectivity index (χ2n) is 7.10. The Bertz CT molecular complexity index is 806. The molecule has 0 amide bonds. The largest absolute Gasteiger partial charge is 0.379 e. The molecule has 2 aliphatic rings. The first-order valence-corrected chi connectivity index (χ1v) is 12.3. The highest BCUT2D eigenvalue weighted by Gasteiger charge is 2.45. The minimum Gasteiger partial charge on any atom is -0.379 e. The van der Waals surface area contributed by atoms with Gasteiger partial charge in [-0.1, -0.05) is 58.4 Å². The van der Waals surface area contributed by atoms with Crippen molar-refractivity contribution in [2.75, 3.05) is 52.6 Å². The Kier molecular flexibility index (Phi) is 6.66. The molecule has 7 heteroatoms. The van der Waals surface area contributed by atoms with Crippen molar-refractivity contribution in [3.8, 4) is 0 Å². The predicted molar refractivity (Wildman–Crippen MR) is 115 cm³/mol. The number of hydrogen-bond acceptors (Lipinski definition) is 4. The minimum atomic E-state index is -2.95. The van der Waals surface area contributed by atoms with Gasteiger partial charge in [-0.25, -0.2) is 4.67 Å². The Labute approximate surface area is 175 Å². The van der Waals surface area contributed by atoms with Crippen LogP contribution in [0.3, 0.4) is 0 Å². The molecule has 0 unspecified atom stereocenters. The highest BCUT2D eigenvalue weighted by molar-refractivity contribution is 9.10. The lowest BCUT2D eigenvalue weighted by molar-refractivity contribution is 0.0274. The van der Waals surface area contributed by atoms with E-state index in [-0.39, 0.29) is 5.78 Å². The Morgan fingerprint density at radius 2 is 1.39 bits per heavy atom. The van der Waals surface area contributed by atoms with E-state index < -0.39 is 7.29 Å². The fourth-order valence-corrected chi connectivity index (χ4v) is 7.83. The van der Waals surface area contributed by atoms with E-state index in [1.54, 1.807) is 0 Å². The molecule has 0 N–H and O–H groups in total. The number of hydrogen-bond donors (Lipinski definition) is 0. The second kappa shape index (κ2) is 9.21. The van der Waals surface area contributed by atoms with Gasteiger partial charge in [0.25, 0.3) is 0 Å². The van der Waals surface area contributed by atoms with E-state index in [0.29, 0.717) is 39.5 Å². The van der Waals surface area contributed by atoms with Gasteiger partial charge in [-0.05, 0) is 17.7 Å². The molecule has 0 spiro atoms. The Hall–Kier alpha value is -1.01. The van der Waals surface area contributed by atoms with Crippen molar-refractivity contribution in [2.24, 2.45) is 0 Å². The third kappa shape index (κ3) is 4.13. The molecule has 0 saturated carbocycles. The first-order chi connectivity index (χ1) is 13.7. The molecule has 150 valence electrons. The molecule has 0 aromatic heterocycles. The summed E-state index contributed by atoms with van der Waals surface area (Å²) in [5.74, 6) is -0.204. The van der Waals surface area contributed by atoms with Gasteiger partial charge in [0, 0.05) is 36.0 Å². The highest BCUT2D eigenvalue weighted by atomic mass is 79.9. The standard InChI is InChI=1S/C21H26BrN2O3P/c22-19-8-6-18(7-9-19)21(23-10-14-26-15-11-23)28(25,20-4-2-1-3-5-20)24-12-16-27-17-13-24/h1-9,21H,10-17H2/t21-,28-/m1/s1. The van der Waals surface area contributed by atoms with Gasteiger partial charge in [-0.15, -0.1) is 0 Å². The number of ether oxygens (including phenoxy) is 2. The number of morpholine rings is 2. The van der Waals surface area contributed by atoms with Gasteiger partial charge in [0.15, 0.2) is 7.29 Å². The number of nitrogens with zero attached hydrogens (tertiary/aromatic N) is 2. The average molecular weight is 465 g/mol. The van der Waals surface area contributed by atoms with Crippen LogP contribution >= 0.6 is 23.2 Å². The van der Waals surface area contributed by atoms with Crippen LogP contribution in [0.1, 0.15) is 11.3 Å². The van der Waals surface area contributed by atoms with E-state index in [4.69, 9.17) is 9.47 Å². The van der Waals surface area contributed by atoms with Gasteiger partial charge in [0.1, 0.15) is 5.78 Å². The molecule has 4 rings (SSSR count). The average Bonchev–Trinajstić information content (AvgIpc) is 2.77. The molecule has 0 bridgehead atoms. The van der Waals surface area contributed by atoms with Gasteiger partial charge in [0.2, 0.25) is 0 Å². The van der Waals surface area contributed by atoms with E-state index in [0.717, 1.165) is 28.4 Å². The molecular formula is C21H26BrN2O3P. The first kappa shape index (κ1) is 20.3. The third-order valence-corrected chi connectivity index (χ3v) is 9.52. The monoisotopic (exact) mass is 464 g/mol. The lowest BCUT2D eigenvalue weighted by Gasteiger charge is -2.44. The summed E-state index contributed by atoms with van der Waals surface area (Å²) in [6.07, 6.45) is 0. The molecule has 2 heterocycles. The first-order valence-electron chi connectivity index (χ1n) is 9.75. The van der Waals surface area contributed by atoms with Crippen LogP contribution in [-0.2, 0) is 14.0 Å². The Morgan fingerprint density at radius 1 is 0.821 bits per heavy atom. The van der Waals surface area contributed by atoms with Crippen molar-refractivity contribution < 1.29 is 14.0 Å². The molecule has 2 aromatic carbocycles. The Morgan fingerprint density at radius 3 is 2.00 bits per heavy atom. The van der Waals surface area contributed by atoms with Crippen molar-refractivity contribution in [3.05, 3.63) is 64.6 Å². The summed E-state index contributed by atoms with van der Waals surface area (Å²) in [5, 5.41) is 0.913. The SMILES string of the molecule is O=[P@](c1ccccc1)([C@H](c1ccc(Br)cc1)N1CCOCC1)N1CCOCC1. The van der Waals surface area contributed by atoms with Crippen LogP contribution in [0.25, 0.3) is 0 Å². The minimum absolute atomic E-state index is 0.204. The third-order valence-electron chi connectivity index (χ3n) is 5.43. The molecular weight excluding hydrogens is 439 g/mol. The van der Waals surface area contributed by atoms with Crippen LogP contribution in [0.2, 0.25) is 0 Å². The quantitative estimate of drug-likeness (QED) is 0.630. The molecule has 2 fully saturated rings. The summed E-state index contributed by atoms with van der Waals surface area (Å²) < 4.78 is 29.4. The van der Waals surface area contributed by atoms with Crippen molar-refractivity contribution in [3.63, 3.8) is 0 Å². The molecule has 28 heavy (non-hydrogen) atoms. The molecule has 0 radical (unpaired) electrons. The number of benzene rings is 2. The van der Waals surface area contributed by atoms with Crippen molar-refractivity contribution in [1.82, 2.24) is 9.57 Å². The van der Waals surface area contributed by atoms with E-state index in [2.05, 4.69) is 37.6 Å². The maximum absolute atomic E-state index is 15.0. The lowest BCUT2D eigenvalue weighted by atomic mass is 10.2. The van der Waals surface area contributed by atoms with Crippen LogP contribution in [0.15, 0.2) is 59.1 Å². The van der Waals surface area contributed by atoms with E-state index >= 15 is 4.57 Å². The molecule has 0 aliphatic carbocycles. The predicted octanol–water partition coefficient (Wildman–Crippen LogP) is 3.72. The number of halogens is 1. The molecule has 2 atom stereocenters. The number of rotatable bonds is 5. The normalized spacial score (nSPS) is 22.5. The Balaban J connectivity index is 1.84. The maximum atomic E-state index is 15.0. The van der Waals surface area contributed by atoms with Crippen LogP contribution in [0.4, 0.5) is 0 Å². The zero-order chi connectivity index (χ0) is 19.4. The summed E-state index contributed by atoms with van der Waals surface area (Å²) in [4.78, 5) is 2.34. The van der Waals surface area contributed by atoms with Crippen molar-refractivity contribution >= 4 is 28.5 Å². The zero-order valence-corrected chi connectivity index (χ0v) is 18.4. The van der Waals surface area contributed by atoms with Gasteiger partial charge >= 0.3 is 0 Å². The van der Waals surface area contributed by atoms with Crippen LogP contribution in [0, 0.1) is 0 Å². The molecule has 5 nitrogen and oxygen atoms in total. The van der Waals surface area contributed by atoms with Gasteiger partial charge in [-0.3, -0.25) is 9.46 Å². The summed E-state index contributed by atoms with van der Waals surface area (Å²) in [6.45, 7) is 5.51. The topological polar surface area (TPSA) is 42.0 Å². The fourth-order valence-electron chi connectivity index (χ4n) is 4.04. The van der Waals surface area contributed by atoms with Crippen LogP contribution < -0.4 is 5.30 Å². The maximum Gasteiger partial charge on any atom is 0.199 e. The summed E-state index contributed by atoms with van der Waals surface area (Å²) >= 11 is 3.53. The smallest absolute Gasteiger partial charge is 0.199 e. The van der Waals surface area contributed by atoms with E-state index in [9.17, 15) is 0 Å². The van der Waals surface area contributed by atoms with E-state index in [1.807, 2.05) is 42.5 Å². The summed E-state index contributed by atoms with van der Waals surface area (Å²) in [5.41, 5.74) is 1.09. The van der Waals surface area contributed by atoms with Gasteiger partial charge in [-0.2, -0.15) is 0 Å². The van der Waals surface area contributed by atoms with Gasteiger partial charge < -0.3 is 9.47 Å². The van der Waals surface area contributed by atoms with E-state index in [1.165, 1.54) is 0 Å². The summed E-state index contributed by atoms with van der Waals surface area (Å²) in [7, 11) is -2.95. The van der Waals surface area contributed by atoms with Crippen molar-refractivity contribution in [1.29, 1.82) is 0 Å². The second-order valence-corrected chi connectivity index (χ2v) is 10.8. The van der Waals surface area contributed by atoms with Gasteiger partial charge in [0.05, 0.1) is 26.4 Å². The zero-order valence-electron chi connectivity index (χ0n) is 15.9. The van der Waals surface area contributed by atoms with Crippen molar-refractivity contribution in [2.45, 2.75) is 5.78 Å². The van der Waals surface area contributed by atoms with Crippen LogP contribution in [-0.4, -0.2) is 62.2 Å². The molecule has 2 aromatic rings. The highest BCUT2D eigenvalue weighted by Crippen LogP contribution is 2.62. The van der Waals surface area contributed by atoms with Crippen LogP contribution in [0.5, 0.6) is 0 Å². The molecule has 2 aliphatic heterocycles.